The van der Waals surface area contributed by atoms with Crippen LogP contribution in [0, 0.1) is 0 Å². The van der Waals surface area contributed by atoms with Crippen molar-refractivity contribution in [3.8, 4) is 11.1 Å². The van der Waals surface area contributed by atoms with E-state index in [9.17, 15) is 4.79 Å². The number of rotatable bonds is 1. The van der Waals surface area contributed by atoms with Gasteiger partial charge in [0.2, 0.25) is 0 Å². The molecule has 1 atom stereocenters. The van der Waals surface area contributed by atoms with E-state index in [4.69, 9.17) is 9.47 Å². The van der Waals surface area contributed by atoms with Crippen molar-refractivity contribution < 1.29 is 14.3 Å². The Balaban J connectivity index is 2.19. The molecule has 0 aliphatic carbocycles. The van der Waals surface area contributed by atoms with Crippen molar-refractivity contribution in [3.63, 3.8) is 0 Å². The lowest BCUT2D eigenvalue weighted by atomic mass is 9.96. The molecule has 96 valence electrons. The highest BCUT2D eigenvalue weighted by molar-refractivity contribution is 5.82. The Morgan fingerprint density at radius 1 is 1.32 bits per heavy atom. The number of ether oxygens (including phenoxy) is 2. The molecular weight excluding hydrogens is 242 g/mol. The molecule has 1 aromatic carbocycles. The average molecular weight is 255 g/mol. The quantitative estimate of drug-likeness (QED) is 0.734. The predicted octanol–water partition coefficient (Wildman–Crippen LogP) is 2.49. The molecule has 0 radical (unpaired) electrons. The van der Waals surface area contributed by atoms with Gasteiger partial charge in [0, 0.05) is 18.0 Å². The minimum absolute atomic E-state index is 0.380. The number of hydrogen-bond acceptors (Lipinski definition) is 4. The van der Waals surface area contributed by atoms with E-state index in [0.29, 0.717) is 6.61 Å². The maximum absolute atomic E-state index is 11.9. The Morgan fingerprint density at radius 2 is 2.16 bits per heavy atom. The zero-order chi connectivity index (χ0) is 13.2. The Kier molecular flexibility index (Phi) is 3.01. The summed E-state index contributed by atoms with van der Waals surface area (Å²) in [4.78, 5) is 16.0. The molecule has 0 N–H and O–H groups in total. The van der Waals surface area contributed by atoms with Crippen LogP contribution in [0.1, 0.15) is 17.2 Å². The molecule has 1 aromatic heterocycles. The topological polar surface area (TPSA) is 48.4 Å². The van der Waals surface area contributed by atoms with E-state index in [1.54, 1.807) is 12.4 Å². The van der Waals surface area contributed by atoms with Crippen LogP contribution in [0.15, 0.2) is 42.7 Å². The number of pyridine rings is 1. The third-order valence-electron chi connectivity index (χ3n) is 3.26. The Morgan fingerprint density at radius 3 is 3.00 bits per heavy atom. The zero-order valence-corrected chi connectivity index (χ0v) is 10.5. The largest absolute Gasteiger partial charge is 0.467 e. The van der Waals surface area contributed by atoms with E-state index in [2.05, 4.69) is 4.98 Å². The van der Waals surface area contributed by atoms with Crippen LogP contribution in [0.4, 0.5) is 0 Å². The van der Waals surface area contributed by atoms with Gasteiger partial charge in [-0.05, 0) is 22.8 Å². The molecule has 1 unspecified atom stereocenters. The van der Waals surface area contributed by atoms with Crippen LogP contribution in [0.3, 0.4) is 0 Å². The number of carbonyl (C=O) groups is 1. The van der Waals surface area contributed by atoms with Gasteiger partial charge in [0.25, 0.3) is 0 Å². The van der Waals surface area contributed by atoms with Gasteiger partial charge in [0.05, 0.1) is 13.7 Å². The van der Waals surface area contributed by atoms with Crippen LogP contribution in [-0.4, -0.2) is 18.1 Å². The summed E-state index contributed by atoms with van der Waals surface area (Å²) in [5.74, 6) is -0.401. The van der Waals surface area contributed by atoms with Gasteiger partial charge >= 0.3 is 5.97 Å². The molecule has 1 aliphatic rings. The molecule has 1 aliphatic heterocycles. The first kappa shape index (κ1) is 11.9. The minimum Gasteiger partial charge on any atom is -0.467 e. The van der Waals surface area contributed by atoms with Crippen LogP contribution in [-0.2, 0) is 20.9 Å². The summed E-state index contributed by atoms with van der Waals surface area (Å²) in [5, 5.41) is 0. The predicted molar refractivity (Wildman–Crippen MR) is 69.2 cm³/mol. The van der Waals surface area contributed by atoms with E-state index in [1.165, 1.54) is 7.11 Å². The normalized spacial score (nSPS) is 17.0. The van der Waals surface area contributed by atoms with Crippen molar-refractivity contribution >= 4 is 5.97 Å². The molecule has 0 fully saturated rings. The average Bonchev–Trinajstić information content (AvgIpc) is 2.64. The number of fused-ring (bicyclic) bond motifs is 3. The van der Waals surface area contributed by atoms with E-state index in [-0.39, 0.29) is 0 Å². The van der Waals surface area contributed by atoms with E-state index < -0.39 is 12.1 Å². The first-order chi connectivity index (χ1) is 9.31. The summed E-state index contributed by atoms with van der Waals surface area (Å²) >= 11 is 0. The van der Waals surface area contributed by atoms with Gasteiger partial charge in [0.1, 0.15) is 0 Å². The molecule has 0 bridgehead atoms. The number of esters is 1. The fourth-order valence-corrected chi connectivity index (χ4v) is 2.33. The standard InChI is InChI=1S/C15H13NO3/c1-18-15(17)14-13-8-16-7-6-12(13)11-5-3-2-4-10(11)9-19-14/h2-8,14H,9H2,1H3. The molecule has 0 saturated heterocycles. The second kappa shape index (κ2) is 4.82. The molecule has 3 rings (SSSR count). The van der Waals surface area contributed by atoms with Crippen LogP contribution in [0.25, 0.3) is 11.1 Å². The van der Waals surface area contributed by atoms with Crippen molar-refractivity contribution in [1.82, 2.24) is 4.98 Å². The summed E-state index contributed by atoms with van der Waals surface area (Å²) in [6, 6.07) is 9.86. The number of benzene rings is 1. The first-order valence-electron chi connectivity index (χ1n) is 6.03. The van der Waals surface area contributed by atoms with E-state index in [1.807, 2.05) is 30.3 Å². The van der Waals surface area contributed by atoms with Crippen molar-refractivity contribution in [1.29, 1.82) is 0 Å². The third-order valence-corrected chi connectivity index (χ3v) is 3.26. The maximum Gasteiger partial charge on any atom is 0.339 e. The lowest BCUT2D eigenvalue weighted by Gasteiger charge is -2.14. The summed E-state index contributed by atoms with van der Waals surface area (Å²) in [7, 11) is 1.36. The van der Waals surface area contributed by atoms with Gasteiger partial charge in [-0.2, -0.15) is 0 Å². The number of carbonyl (C=O) groups excluding carboxylic acids is 1. The molecule has 2 aromatic rings. The molecule has 0 spiro atoms. The summed E-state index contributed by atoms with van der Waals surface area (Å²) in [6.45, 7) is 0.380. The highest BCUT2D eigenvalue weighted by Crippen LogP contribution is 2.36. The molecule has 4 heteroatoms. The van der Waals surface area contributed by atoms with Gasteiger partial charge in [0.15, 0.2) is 6.10 Å². The van der Waals surface area contributed by atoms with Crippen molar-refractivity contribution in [2.24, 2.45) is 0 Å². The Bertz CT molecular complexity index is 624. The van der Waals surface area contributed by atoms with E-state index >= 15 is 0 Å². The van der Waals surface area contributed by atoms with Gasteiger partial charge in [-0.1, -0.05) is 24.3 Å². The van der Waals surface area contributed by atoms with Gasteiger partial charge in [-0.3, -0.25) is 4.98 Å². The van der Waals surface area contributed by atoms with Crippen molar-refractivity contribution in [2.45, 2.75) is 12.7 Å². The summed E-state index contributed by atoms with van der Waals surface area (Å²) in [5.41, 5.74) is 3.85. The third kappa shape index (κ3) is 2.00. The van der Waals surface area contributed by atoms with Crippen LogP contribution in [0.2, 0.25) is 0 Å². The molecule has 19 heavy (non-hydrogen) atoms. The number of aromatic nitrogens is 1. The molecule has 0 amide bonds. The number of hydrogen-bond donors (Lipinski definition) is 0. The second-order valence-corrected chi connectivity index (χ2v) is 4.33. The van der Waals surface area contributed by atoms with Gasteiger partial charge in [-0.15, -0.1) is 0 Å². The highest BCUT2D eigenvalue weighted by atomic mass is 16.6. The molecule has 0 saturated carbocycles. The lowest BCUT2D eigenvalue weighted by Crippen LogP contribution is -2.17. The Labute approximate surface area is 111 Å². The van der Waals surface area contributed by atoms with Crippen LogP contribution < -0.4 is 0 Å². The van der Waals surface area contributed by atoms with Crippen molar-refractivity contribution in [3.05, 3.63) is 53.9 Å². The summed E-state index contributed by atoms with van der Waals surface area (Å²) in [6.07, 6.45) is 2.66. The minimum atomic E-state index is -0.721. The SMILES string of the molecule is COC(=O)C1OCc2ccccc2-c2ccncc21. The summed E-state index contributed by atoms with van der Waals surface area (Å²) < 4.78 is 10.5. The van der Waals surface area contributed by atoms with E-state index in [0.717, 1.165) is 22.3 Å². The van der Waals surface area contributed by atoms with Crippen molar-refractivity contribution in [2.75, 3.05) is 7.11 Å². The number of nitrogens with zero attached hydrogens (tertiary/aromatic N) is 1. The Hall–Kier alpha value is -2.20. The molecular formula is C15H13NO3. The van der Waals surface area contributed by atoms with Gasteiger partial charge in [-0.25, -0.2) is 4.79 Å². The van der Waals surface area contributed by atoms with Crippen LogP contribution in [0.5, 0.6) is 0 Å². The fraction of sp³-hybridized carbons (Fsp3) is 0.200. The molecule has 4 nitrogen and oxygen atoms in total. The first-order valence-corrected chi connectivity index (χ1v) is 6.03. The second-order valence-electron chi connectivity index (χ2n) is 4.33. The lowest BCUT2D eigenvalue weighted by molar-refractivity contribution is -0.155. The van der Waals surface area contributed by atoms with Gasteiger partial charge < -0.3 is 9.47 Å². The zero-order valence-electron chi connectivity index (χ0n) is 10.5. The maximum atomic E-state index is 11.9. The van der Waals surface area contributed by atoms with Crippen LogP contribution >= 0.6 is 0 Å². The smallest absolute Gasteiger partial charge is 0.339 e. The molecule has 2 heterocycles. The number of methoxy groups -OCH3 is 1. The fourth-order valence-electron chi connectivity index (χ4n) is 2.33. The highest BCUT2D eigenvalue weighted by Gasteiger charge is 2.29. The monoisotopic (exact) mass is 255 g/mol.